The summed E-state index contributed by atoms with van der Waals surface area (Å²) in [4.78, 5) is 31.9. The van der Waals surface area contributed by atoms with Crippen LogP contribution in [0.3, 0.4) is 0 Å². The first-order valence-electron chi connectivity index (χ1n) is 10.4. The van der Waals surface area contributed by atoms with Crippen LogP contribution in [0.5, 0.6) is 5.75 Å². The molecule has 11 heteroatoms. The summed E-state index contributed by atoms with van der Waals surface area (Å²) in [5.74, 6) is -2.56. The minimum absolute atomic E-state index is 0.0396. The van der Waals surface area contributed by atoms with E-state index >= 15 is 0 Å². The van der Waals surface area contributed by atoms with Crippen LogP contribution in [-0.4, -0.2) is 46.8 Å². The molecular weight excluding hydrogens is 639 g/mol. The summed E-state index contributed by atoms with van der Waals surface area (Å²) in [5, 5.41) is 11.5. The zero-order valence-electron chi connectivity index (χ0n) is 19.3. The first kappa shape index (κ1) is 26.8. The number of aryl methyl sites for hydroxylation is 1. The Morgan fingerprint density at radius 1 is 1.18 bits per heavy atom. The summed E-state index contributed by atoms with van der Waals surface area (Å²) in [7, 11) is 1.76. The third kappa shape index (κ3) is 5.38. The molecule has 2 aromatic carbocycles. The van der Waals surface area contributed by atoms with E-state index in [1.54, 1.807) is 24.6 Å². The van der Waals surface area contributed by atoms with Crippen molar-refractivity contribution >= 4 is 72.7 Å². The van der Waals surface area contributed by atoms with Crippen LogP contribution in [0.1, 0.15) is 23.0 Å². The van der Waals surface area contributed by atoms with Crippen molar-refractivity contribution < 1.29 is 33.0 Å². The second kappa shape index (κ2) is 10.4. The molecule has 1 heterocycles. The number of ether oxygens (including phenoxy) is 2. The van der Waals surface area contributed by atoms with Crippen LogP contribution in [-0.2, 0) is 22.3 Å². The molecule has 0 unspecified atom stereocenters. The van der Waals surface area contributed by atoms with E-state index in [9.17, 15) is 23.5 Å². The summed E-state index contributed by atoms with van der Waals surface area (Å²) in [6.45, 7) is 1.63. The summed E-state index contributed by atoms with van der Waals surface area (Å²) < 4.78 is 39.8. The number of aromatic hydroxyl groups is 1. The van der Waals surface area contributed by atoms with Gasteiger partial charge in [0.05, 0.1) is 0 Å². The molecule has 0 aliphatic carbocycles. The third-order valence-corrected chi connectivity index (χ3v) is 12.5. The van der Waals surface area contributed by atoms with Gasteiger partial charge in [0.2, 0.25) is 0 Å². The van der Waals surface area contributed by atoms with E-state index in [4.69, 9.17) is 9.47 Å². The van der Waals surface area contributed by atoms with Crippen molar-refractivity contribution in [2.24, 2.45) is 7.05 Å². The van der Waals surface area contributed by atoms with Crippen LogP contribution < -0.4 is 3.58 Å². The number of benzene rings is 2. The van der Waals surface area contributed by atoms with Crippen molar-refractivity contribution in [1.82, 2.24) is 4.57 Å². The first-order valence-corrected chi connectivity index (χ1v) is 22.1. The van der Waals surface area contributed by atoms with E-state index in [2.05, 4.69) is 30.7 Å². The topological polar surface area (TPSA) is 77.8 Å². The van der Waals surface area contributed by atoms with Gasteiger partial charge >= 0.3 is 214 Å². The van der Waals surface area contributed by atoms with Crippen LogP contribution in [0, 0.1) is 11.6 Å². The molecule has 0 saturated heterocycles. The normalized spacial score (nSPS) is 11.6. The number of carbonyl (C=O) groups is 2. The number of halogens is 3. The van der Waals surface area contributed by atoms with Gasteiger partial charge < -0.3 is 0 Å². The number of hydrogen-bond donors (Lipinski definition) is 1. The van der Waals surface area contributed by atoms with E-state index in [0.29, 0.717) is 29.5 Å². The molecule has 3 aromatic rings. The molecule has 3 rings (SSSR count). The minimum atomic E-state index is -3.07. The number of carbonyl (C=O) groups excluding carboxylic acids is 2. The van der Waals surface area contributed by atoms with Crippen molar-refractivity contribution in [3.05, 3.63) is 51.6 Å². The Morgan fingerprint density at radius 3 is 2.44 bits per heavy atom. The predicted octanol–water partition coefficient (Wildman–Crippen LogP) is 6.08. The Labute approximate surface area is 212 Å². The Bertz CT molecular complexity index is 1290. The van der Waals surface area contributed by atoms with Crippen LogP contribution >= 0.6 is 27.7 Å². The average molecular weight is 663 g/mol. The molecule has 6 nitrogen and oxygen atoms in total. The molecule has 1 N–H and O–H groups in total. The summed E-state index contributed by atoms with van der Waals surface area (Å²) >= 11 is 1.54. The Balaban J connectivity index is 2.23. The van der Waals surface area contributed by atoms with Gasteiger partial charge in [-0.15, -0.1) is 0 Å². The Kier molecular flexibility index (Phi) is 8.24. The fourth-order valence-corrected chi connectivity index (χ4v) is 10.9. The van der Waals surface area contributed by atoms with Crippen molar-refractivity contribution in [1.29, 1.82) is 0 Å². The van der Waals surface area contributed by atoms with Gasteiger partial charge in [-0.2, -0.15) is 0 Å². The molecule has 0 aliphatic heterocycles. The van der Waals surface area contributed by atoms with Gasteiger partial charge in [0.15, 0.2) is 0 Å². The Morgan fingerprint density at radius 2 is 1.85 bits per heavy atom. The number of hydrogen-bond acceptors (Lipinski definition) is 6. The van der Waals surface area contributed by atoms with Crippen LogP contribution in [0.15, 0.2) is 33.6 Å². The fourth-order valence-electron chi connectivity index (χ4n) is 3.71. The zero-order chi connectivity index (χ0) is 25.4. The number of fused-ring (bicyclic) bond motifs is 1. The SMILES string of the molecule is CCOC(=O)OC(=O)c1c(CSc2ccc(F)c(F)c2)n(C)c2cc(Br)c(O)[c]([Sn]([CH3])([CH3])[CH3])c12. The number of thioether (sulfide) groups is 1. The molecule has 0 amide bonds. The number of aromatic nitrogens is 1. The van der Waals surface area contributed by atoms with Crippen molar-refractivity contribution in [2.45, 2.75) is 32.4 Å². The van der Waals surface area contributed by atoms with E-state index in [1.165, 1.54) is 17.8 Å². The van der Waals surface area contributed by atoms with E-state index in [-0.39, 0.29) is 23.7 Å². The molecule has 0 fully saturated rings. The van der Waals surface area contributed by atoms with Gasteiger partial charge in [-0.05, 0) is 0 Å². The summed E-state index contributed by atoms with van der Waals surface area (Å²) in [6, 6.07) is 5.27. The van der Waals surface area contributed by atoms with Crippen molar-refractivity contribution in [2.75, 3.05) is 6.61 Å². The fraction of sp³-hybridized carbons (Fsp3) is 0.304. The van der Waals surface area contributed by atoms with E-state index in [1.807, 2.05) is 0 Å². The van der Waals surface area contributed by atoms with Crippen LogP contribution in [0.4, 0.5) is 13.6 Å². The molecule has 0 aliphatic rings. The molecule has 0 saturated carbocycles. The summed E-state index contributed by atoms with van der Waals surface area (Å²) in [5.41, 5.74) is 1.32. The van der Waals surface area contributed by atoms with E-state index in [0.717, 1.165) is 12.1 Å². The standard InChI is InChI=1S/C20H15BrF2NO5S.3CH3.Sn/c1-3-28-20(27)29-19(26)18-11-7-17(25)12(21)8-15(11)24(2)16(18)9-30-10-4-5-13(22)14(23)6-10;;;;/h4-6,8,25H,3,9H2,1-2H3;3*1H3;. The molecule has 0 atom stereocenters. The maximum atomic E-state index is 13.7. The van der Waals surface area contributed by atoms with Crippen LogP contribution in [0.2, 0.25) is 14.8 Å². The number of phenols is 1. The molecule has 0 bridgehead atoms. The zero-order valence-corrected chi connectivity index (χ0v) is 24.5. The maximum absolute atomic E-state index is 13.7. The number of esters is 1. The second-order valence-corrected chi connectivity index (χ2v) is 24.7. The average Bonchev–Trinajstić information content (AvgIpc) is 3.00. The Hall–Kier alpha value is -1.79. The summed E-state index contributed by atoms with van der Waals surface area (Å²) in [6.07, 6.45) is -1.12. The number of nitrogens with zero attached hydrogens (tertiary/aromatic N) is 1. The molecule has 0 spiro atoms. The van der Waals surface area contributed by atoms with Crippen molar-refractivity contribution in [3.63, 3.8) is 0 Å². The number of rotatable bonds is 6. The predicted molar refractivity (Wildman–Crippen MR) is 134 cm³/mol. The van der Waals surface area contributed by atoms with Crippen molar-refractivity contribution in [3.8, 4) is 5.75 Å². The van der Waals surface area contributed by atoms with Gasteiger partial charge in [0, 0.05) is 0 Å². The molecule has 182 valence electrons. The number of phenolic OH excluding ortho intramolecular Hbond substituents is 1. The molecule has 1 aromatic heterocycles. The monoisotopic (exact) mass is 663 g/mol. The van der Waals surface area contributed by atoms with Gasteiger partial charge in [-0.3, -0.25) is 0 Å². The quantitative estimate of drug-likeness (QED) is 0.149. The third-order valence-electron chi connectivity index (χ3n) is 5.20. The van der Waals surface area contributed by atoms with E-state index < -0.39 is 42.1 Å². The van der Waals surface area contributed by atoms with Gasteiger partial charge in [-0.1, -0.05) is 0 Å². The molecule has 34 heavy (non-hydrogen) atoms. The molecular formula is C23H24BrF2NO5SSn. The van der Waals surface area contributed by atoms with Gasteiger partial charge in [0.1, 0.15) is 0 Å². The second-order valence-electron chi connectivity index (χ2n) is 8.54. The van der Waals surface area contributed by atoms with Gasteiger partial charge in [0.25, 0.3) is 0 Å². The molecule has 0 radical (unpaired) electrons. The van der Waals surface area contributed by atoms with Crippen LogP contribution in [0.25, 0.3) is 10.9 Å². The van der Waals surface area contributed by atoms with Gasteiger partial charge in [-0.25, -0.2) is 0 Å². The first-order chi connectivity index (χ1) is 15.9.